The molecule has 1 aromatic heterocycles. The maximum absolute atomic E-state index is 12.5. The maximum atomic E-state index is 12.5. The first-order valence-corrected chi connectivity index (χ1v) is 24.8. The second-order valence-corrected chi connectivity index (χ2v) is 20.5. The molecule has 0 aliphatic carbocycles. The Kier molecular flexibility index (Phi) is 20.7. The van der Waals surface area contributed by atoms with Crippen molar-refractivity contribution in [3.63, 3.8) is 0 Å². The zero-order valence-electron chi connectivity index (χ0n) is 37.8. The van der Waals surface area contributed by atoms with Gasteiger partial charge < -0.3 is 43.7 Å². The largest absolute Gasteiger partial charge is 0.778 e. The van der Waals surface area contributed by atoms with Crippen molar-refractivity contribution in [2.24, 2.45) is 0 Å². The van der Waals surface area contributed by atoms with E-state index in [1.807, 2.05) is 30.4 Å². The van der Waals surface area contributed by atoms with Crippen molar-refractivity contribution < 1.29 is 52.8 Å². The van der Waals surface area contributed by atoms with Crippen LogP contribution < -0.4 is 35.4 Å². The van der Waals surface area contributed by atoms with Gasteiger partial charge in [-0.25, -0.2) is 14.7 Å². The SMILES string of the molecule is C#CCOc1cc(-n2nc3n(c2=O)CCCC3)c(Cl)cc1Cl.CON(C)C(=O)Nc1ccc(Oc2ccc3c(c2)OC(C)(OC)CC3(C)C)cc1.C[S+](C)C.O=C(O)CNCP(=O)([O-])O. The number of hydroxylamine groups is 2. The molecule has 65 heavy (non-hydrogen) atoms. The van der Waals surface area contributed by atoms with Gasteiger partial charge in [-0.05, 0) is 65.5 Å². The van der Waals surface area contributed by atoms with Crippen LogP contribution in [-0.4, -0.2) is 107 Å². The number of carboxylic acid groups (broad SMARTS) is 1. The second-order valence-electron chi connectivity index (χ2n) is 15.7. The molecule has 3 heterocycles. The Balaban J connectivity index is 0.000000273. The highest BCUT2D eigenvalue weighted by molar-refractivity contribution is 7.94. The van der Waals surface area contributed by atoms with E-state index in [4.69, 9.17) is 63.4 Å². The molecule has 2 aliphatic heterocycles. The lowest BCUT2D eigenvalue weighted by Crippen LogP contribution is -2.45. The van der Waals surface area contributed by atoms with Crippen LogP contribution in [0.25, 0.3) is 5.69 Å². The number of carboxylic acids is 1. The van der Waals surface area contributed by atoms with Gasteiger partial charge in [0.1, 0.15) is 43.0 Å². The lowest BCUT2D eigenvalue weighted by molar-refractivity contribution is -0.193. The standard InChI is InChI=1S/C22H28N2O5.C15H13Cl2N3O2.C3H8NO5P.C3H9S/c1-21(2)14-22(3,26-5)29-19-13-17(11-12-18(19)21)28-16-9-7-15(8-10-16)23-20(25)24(4)27-6;1-2-7-22-13-9-12(10(16)8-11(13)17)20-15(21)19-6-4-3-5-14(19)18-20;5-3(6)1-4-2-10(7,8)9;1-4(2)3/h7-13H,14H2,1-6H3,(H,23,25);1,8-9H,3-7H2;4H,1-2H2,(H,5,6)(H2,7,8,9);1-3H3/q;;;+1/p-1. The normalized spacial score (nSPS) is 16.4. The number of aliphatic carboxylic acids is 1. The quantitative estimate of drug-likeness (QED) is 0.0531. The lowest BCUT2D eigenvalue weighted by atomic mass is 9.76. The number of aromatic nitrogens is 3. The molecule has 4 aromatic rings. The van der Waals surface area contributed by atoms with E-state index in [1.165, 1.54) is 24.9 Å². The third-order valence-electron chi connectivity index (χ3n) is 9.20. The van der Waals surface area contributed by atoms with Gasteiger partial charge in [0.05, 0.1) is 54.4 Å². The number of aryl methyl sites for hydroxylation is 1. The van der Waals surface area contributed by atoms with Gasteiger partial charge in [-0.1, -0.05) is 49.0 Å². The Hall–Kier alpha value is -4.74. The molecule has 2 aliphatic rings. The minimum atomic E-state index is -4.35. The Labute approximate surface area is 391 Å². The van der Waals surface area contributed by atoms with Crippen molar-refractivity contribution in [3.05, 3.63) is 86.5 Å². The molecular weight excluding hydrogens is 926 g/mol. The average Bonchev–Trinajstić information content (AvgIpc) is 3.55. The van der Waals surface area contributed by atoms with E-state index in [1.54, 1.807) is 42.0 Å². The van der Waals surface area contributed by atoms with Crippen LogP contribution in [0.4, 0.5) is 10.5 Å². The zero-order valence-corrected chi connectivity index (χ0v) is 41.0. The van der Waals surface area contributed by atoms with Crippen LogP contribution in [0.5, 0.6) is 23.0 Å². The van der Waals surface area contributed by atoms with E-state index in [9.17, 15) is 23.8 Å². The van der Waals surface area contributed by atoms with Gasteiger partial charge in [0.25, 0.3) is 0 Å². The fraction of sp³-hybridized carbons (Fsp3) is 0.442. The van der Waals surface area contributed by atoms with E-state index in [0.29, 0.717) is 56.1 Å². The van der Waals surface area contributed by atoms with E-state index < -0.39 is 32.2 Å². The number of urea groups is 1. The third kappa shape index (κ3) is 17.2. The van der Waals surface area contributed by atoms with Crippen LogP contribution in [0.1, 0.15) is 51.4 Å². The van der Waals surface area contributed by atoms with Crippen molar-refractivity contribution in [3.8, 4) is 41.0 Å². The van der Waals surface area contributed by atoms with Gasteiger partial charge in [-0.3, -0.25) is 19.5 Å². The van der Waals surface area contributed by atoms with Gasteiger partial charge in [0.2, 0.25) is 5.79 Å². The third-order valence-corrected chi connectivity index (χ3v) is 10.4. The van der Waals surface area contributed by atoms with Crippen LogP contribution in [0, 0.1) is 12.3 Å². The predicted octanol–water partition coefficient (Wildman–Crippen LogP) is 6.27. The molecule has 0 radical (unpaired) electrons. The van der Waals surface area contributed by atoms with E-state index in [2.05, 4.69) is 49.0 Å². The molecule has 0 saturated heterocycles. The molecule has 0 bridgehead atoms. The van der Waals surface area contributed by atoms with Crippen LogP contribution in [0.2, 0.25) is 10.0 Å². The molecule has 0 saturated carbocycles. The summed E-state index contributed by atoms with van der Waals surface area (Å²) in [6, 6.07) is 15.7. The van der Waals surface area contributed by atoms with Gasteiger partial charge in [-0.15, -0.1) is 11.5 Å². The minimum Gasteiger partial charge on any atom is -0.778 e. The number of ether oxygens (including phenoxy) is 4. The number of hydrogen-bond donors (Lipinski definition) is 4. The molecule has 2 unspecified atom stereocenters. The monoisotopic (exact) mass is 982 g/mol. The molecule has 2 amide bonds. The number of nitrogens with one attached hydrogen (secondary N) is 2. The fourth-order valence-electron chi connectivity index (χ4n) is 6.29. The van der Waals surface area contributed by atoms with Gasteiger partial charge in [0, 0.05) is 63.9 Å². The summed E-state index contributed by atoms with van der Waals surface area (Å²) in [5.41, 5.74) is 1.91. The van der Waals surface area contributed by atoms with E-state index >= 15 is 0 Å². The Morgan fingerprint density at radius 3 is 2.28 bits per heavy atom. The number of nitrogens with zero attached hydrogens (tertiary/aromatic N) is 4. The summed E-state index contributed by atoms with van der Waals surface area (Å²) < 4.78 is 36.0. The first-order chi connectivity index (χ1) is 30.4. The molecule has 3 aromatic carbocycles. The Morgan fingerprint density at radius 1 is 1.06 bits per heavy atom. The average molecular weight is 984 g/mol. The van der Waals surface area contributed by atoms with Crippen LogP contribution >= 0.6 is 30.8 Å². The first kappa shape index (κ1) is 54.6. The molecule has 0 spiro atoms. The number of terminal acetylenes is 1. The summed E-state index contributed by atoms with van der Waals surface area (Å²) in [6.07, 6.45) is 14.6. The first-order valence-electron chi connectivity index (χ1n) is 19.9. The molecule has 2 atom stereocenters. The van der Waals surface area contributed by atoms with Crippen LogP contribution in [-0.2, 0) is 48.2 Å². The molecular formula is C43H57Cl2N6O12PS. The Bertz CT molecular complexity index is 2380. The summed E-state index contributed by atoms with van der Waals surface area (Å²) in [5, 5.41) is 18.8. The molecule has 22 heteroatoms. The van der Waals surface area contributed by atoms with E-state index in [-0.39, 0.29) is 23.7 Å². The highest BCUT2D eigenvalue weighted by atomic mass is 35.5. The molecule has 6 rings (SSSR count). The topological polar surface area (TPSA) is 228 Å². The number of rotatable bonds is 12. The summed E-state index contributed by atoms with van der Waals surface area (Å²) in [7, 11) is 0.906. The number of carbonyl (C=O) groups is 2. The highest BCUT2D eigenvalue weighted by Gasteiger charge is 2.42. The maximum Gasteiger partial charge on any atom is 0.350 e. The summed E-state index contributed by atoms with van der Waals surface area (Å²) >= 11 is 12.3. The Morgan fingerprint density at radius 2 is 1.71 bits per heavy atom. The number of methoxy groups -OCH3 is 1. The van der Waals surface area contributed by atoms with Crippen molar-refractivity contribution in [1.29, 1.82) is 0 Å². The van der Waals surface area contributed by atoms with Gasteiger partial charge in [0.15, 0.2) is 0 Å². The van der Waals surface area contributed by atoms with E-state index in [0.717, 1.165) is 47.9 Å². The number of fused-ring (bicyclic) bond motifs is 2. The van der Waals surface area contributed by atoms with Crippen LogP contribution in [0.3, 0.4) is 0 Å². The molecule has 4 N–H and O–H groups in total. The van der Waals surface area contributed by atoms with Gasteiger partial charge in [-0.2, -0.15) is 4.68 Å². The summed E-state index contributed by atoms with van der Waals surface area (Å²) in [5.74, 6) is 3.73. The van der Waals surface area contributed by atoms with Gasteiger partial charge >= 0.3 is 17.7 Å². The second kappa shape index (κ2) is 24.7. The number of anilines is 1. The van der Waals surface area contributed by atoms with Crippen LogP contribution in [0.15, 0.2) is 59.4 Å². The summed E-state index contributed by atoms with van der Waals surface area (Å²) in [6.45, 7) is 6.58. The number of benzene rings is 3. The number of halogens is 2. The van der Waals surface area contributed by atoms with Crippen molar-refractivity contribution in [2.45, 2.75) is 64.2 Å². The molecule has 18 nitrogen and oxygen atoms in total. The fourth-order valence-corrected chi connectivity index (χ4v) is 7.20. The number of hydrogen-bond acceptors (Lipinski definition) is 12. The smallest absolute Gasteiger partial charge is 0.350 e. The highest BCUT2D eigenvalue weighted by Crippen LogP contribution is 2.46. The van der Waals surface area contributed by atoms with Crippen molar-refractivity contribution in [2.75, 3.05) is 64.8 Å². The predicted molar refractivity (Wildman–Crippen MR) is 251 cm³/mol. The summed E-state index contributed by atoms with van der Waals surface area (Å²) in [4.78, 5) is 56.9. The number of carbonyl (C=O) groups excluding carboxylic acids is 1. The van der Waals surface area contributed by atoms with Crippen molar-refractivity contribution in [1.82, 2.24) is 24.7 Å². The van der Waals surface area contributed by atoms with Crippen molar-refractivity contribution >= 4 is 59.4 Å². The molecule has 0 fully saturated rings. The number of amides is 2. The minimum absolute atomic E-state index is 0.0773. The molecule has 356 valence electrons. The lowest BCUT2D eigenvalue weighted by Gasteiger charge is -2.43. The zero-order chi connectivity index (χ0) is 48.7.